The summed E-state index contributed by atoms with van der Waals surface area (Å²) < 4.78 is 0. The lowest BCUT2D eigenvalue weighted by atomic mass is 10.2. The summed E-state index contributed by atoms with van der Waals surface area (Å²) in [6.45, 7) is 4.72. The van der Waals surface area contributed by atoms with Crippen LogP contribution >= 0.6 is 0 Å². The minimum atomic E-state index is -0.249. The van der Waals surface area contributed by atoms with Gasteiger partial charge in [0.15, 0.2) is 0 Å². The highest BCUT2D eigenvalue weighted by atomic mass is 16.2. The number of hydrazone groups is 1. The molecule has 0 bridgehead atoms. The Morgan fingerprint density at radius 1 is 1.35 bits per heavy atom. The molecule has 1 N–H and O–H groups in total. The van der Waals surface area contributed by atoms with Crippen LogP contribution < -0.4 is 10.3 Å². The lowest BCUT2D eigenvalue weighted by Gasteiger charge is -2.15. The van der Waals surface area contributed by atoms with Crippen molar-refractivity contribution in [2.24, 2.45) is 11.0 Å². The Hall–Kier alpha value is -2.17. The van der Waals surface area contributed by atoms with Crippen LogP contribution in [0, 0.1) is 5.92 Å². The average Bonchev–Trinajstić information content (AvgIpc) is 2.84. The van der Waals surface area contributed by atoms with Gasteiger partial charge < -0.3 is 4.90 Å². The molecule has 1 saturated heterocycles. The van der Waals surface area contributed by atoms with Gasteiger partial charge in [0, 0.05) is 30.4 Å². The summed E-state index contributed by atoms with van der Waals surface area (Å²) in [6.07, 6.45) is 3.17. The number of hydrogen-bond acceptors (Lipinski definition) is 3. The molecule has 0 saturated carbocycles. The van der Waals surface area contributed by atoms with Crippen LogP contribution in [0.5, 0.6) is 0 Å². The fourth-order valence-corrected chi connectivity index (χ4v) is 2.02. The van der Waals surface area contributed by atoms with E-state index >= 15 is 0 Å². The molecule has 1 fully saturated rings. The van der Waals surface area contributed by atoms with Crippen LogP contribution in [0.1, 0.15) is 37.0 Å². The van der Waals surface area contributed by atoms with Crippen molar-refractivity contribution in [2.75, 3.05) is 11.4 Å². The molecule has 1 heterocycles. The number of amides is 2. The fraction of sp³-hybridized carbons (Fsp3) is 0.400. The zero-order valence-electron chi connectivity index (χ0n) is 11.8. The molecule has 0 unspecified atom stereocenters. The van der Waals surface area contributed by atoms with E-state index in [2.05, 4.69) is 10.5 Å². The van der Waals surface area contributed by atoms with E-state index < -0.39 is 0 Å². The average molecular weight is 273 g/mol. The Kier molecular flexibility index (Phi) is 4.50. The van der Waals surface area contributed by atoms with Crippen molar-refractivity contribution >= 4 is 23.7 Å². The fourth-order valence-electron chi connectivity index (χ4n) is 2.02. The second-order valence-corrected chi connectivity index (χ2v) is 5.16. The van der Waals surface area contributed by atoms with Crippen LogP contribution in [0.25, 0.3) is 0 Å². The van der Waals surface area contributed by atoms with Crippen molar-refractivity contribution in [2.45, 2.75) is 26.7 Å². The van der Waals surface area contributed by atoms with E-state index in [1.165, 1.54) is 0 Å². The lowest BCUT2D eigenvalue weighted by Crippen LogP contribution is -2.24. The van der Waals surface area contributed by atoms with Crippen molar-refractivity contribution < 1.29 is 9.59 Å². The van der Waals surface area contributed by atoms with Gasteiger partial charge in [0.05, 0.1) is 0 Å². The van der Waals surface area contributed by atoms with E-state index in [4.69, 9.17) is 0 Å². The predicted molar refractivity (Wildman–Crippen MR) is 78.8 cm³/mol. The highest BCUT2D eigenvalue weighted by molar-refractivity contribution is 5.97. The Morgan fingerprint density at radius 2 is 2.05 bits per heavy atom. The topological polar surface area (TPSA) is 61.8 Å². The van der Waals surface area contributed by atoms with Crippen LogP contribution in [0.15, 0.2) is 29.4 Å². The Bertz CT molecular complexity index is 520. The second kappa shape index (κ2) is 6.32. The SMILES string of the molecule is CC(C)C=NNC(=O)c1ccc(N2CCCC2=O)cc1. The quantitative estimate of drug-likeness (QED) is 0.675. The maximum absolute atomic E-state index is 11.8. The molecule has 106 valence electrons. The third kappa shape index (κ3) is 3.44. The Balaban J connectivity index is 2.00. The molecule has 1 aliphatic rings. The van der Waals surface area contributed by atoms with Gasteiger partial charge in [-0.3, -0.25) is 9.59 Å². The largest absolute Gasteiger partial charge is 0.312 e. The van der Waals surface area contributed by atoms with Gasteiger partial charge in [-0.1, -0.05) is 13.8 Å². The van der Waals surface area contributed by atoms with Crippen LogP contribution in [-0.4, -0.2) is 24.6 Å². The van der Waals surface area contributed by atoms with Crippen molar-refractivity contribution in [3.63, 3.8) is 0 Å². The monoisotopic (exact) mass is 273 g/mol. The summed E-state index contributed by atoms with van der Waals surface area (Å²) in [4.78, 5) is 25.2. The minimum absolute atomic E-state index is 0.142. The van der Waals surface area contributed by atoms with E-state index in [-0.39, 0.29) is 11.8 Å². The molecule has 1 aromatic rings. The molecule has 20 heavy (non-hydrogen) atoms. The van der Waals surface area contributed by atoms with Crippen molar-refractivity contribution in [3.05, 3.63) is 29.8 Å². The lowest BCUT2D eigenvalue weighted by molar-refractivity contribution is -0.117. The molecule has 0 aromatic heterocycles. The van der Waals surface area contributed by atoms with E-state index in [0.717, 1.165) is 18.7 Å². The summed E-state index contributed by atoms with van der Waals surface area (Å²) in [7, 11) is 0. The molecule has 0 atom stereocenters. The van der Waals surface area contributed by atoms with Crippen molar-refractivity contribution in [1.82, 2.24) is 5.43 Å². The highest BCUT2D eigenvalue weighted by Crippen LogP contribution is 2.21. The third-order valence-corrected chi connectivity index (χ3v) is 3.05. The minimum Gasteiger partial charge on any atom is -0.312 e. The number of anilines is 1. The summed E-state index contributed by atoms with van der Waals surface area (Å²) in [6, 6.07) is 7.01. The number of hydrogen-bond donors (Lipinski definition) is 1. The molecule has 0 radical (unpaired) electrons. The first-order valence-corrected chi connectivity index (χ1v) is 6.82. The normalized spacial score (nSPS) is 15.3. The van der Waals surface area contributed by atoms with E-state index in [0.29, 0.717) is 17.9 Å². The number of nitrogens with zero attached hydrogens (tertiary/aromatic N) is 2. The standard InChI is InChI=1S/C15H19N3O2/c1-11(2)10-16-17-15(20)12-5-7-13(8-6-12)18-9-3-4-14(18)19/h5-8,10-11H,3-4,9H2,1-2H3,(H,17,20). The summed E-state index contributed by atoms with van der Waals surface area (Å²) in [5.74, 6) is 0.184. The Morgan fingerprint density at radius 3 is 2.60 bits per heavy atom. The van der Waals surface area contributed by atoms with Gasteiger partial charge in [-0.25, -0.2) is 5.43 Å². The summed E-state index contributed by atoms with van der Waals surface area (Å²) >= 11 is 0. The van der Waals surface area contributed by atoms with E-state index in [1.807, 2.05) is 13.8 Å². The van der Waals surface area contributed by atoms with Gasteiger partial charge in [-0.2, -0.15) is 5.10 Å². The molecule has 0 aliphatic carbocycles. The van der Waals surface area contributed by atoms with E-state index in [9.17, 15) is 9.59 Å². The molecule has 2 amide bonds. The van der Waals surface area contributed by atoms with Crippen molar-refractivity contribution in [3.8, 4) is 0 Å². The van der Waals surface area contributed by atoms with Crippen LogP contribution in [-0.2, 0) is 4.79 Å². The van der Waals surface area contributed by atoms with Crippen LogP contribution in [0.4, 0.5) is 5.69 Å². The van der Waals surface area contributed by atoms with Crippen LogP contribution in [0.3, 0.4) is 0 Å². The number of rotatable bonds is 4. The number of nitrogens with one attached hydrogen (secondary N) is 1. The third-order valence-electron chi connectivity index (χ3n) is 3.05. The predicted octanol–water partition coefficient (Wildman–Crippen LogP) is 2.19. The van der Waals surface area contributed by atoms with Gasteiger partial charge >= 0.3 is 0 Å². The first kappa shape index (κ1) is 14.2. The van der Waals surface area contributed by atoms with Gasteiger partial charge in [0.25, 0.3) is 5.91 Å². The van der Waals surface area contributed by atoms with Gasteiger partial charge in [-0.15, -0.1) is 0 Å². The smallest absolute Gasteiger partial charge is 0.271 e. The first-order valence-electron chi connectivity index (χ1n) is 6.82. The van der Waals surface area contributed by atoms with Gasteiger partial charge in [-0.05, 0) is 36.6 Å². The molecule has 1 aromatic carbocycles. The molecule has 1 aliphatic heterocycles. The summed E-state index contributed by atoms with van der Waals surface area (Å²) in [5.41, 5.74) is 3.85. The number of carbonyl (C=O) groups excluding carboxylic acids is 2. The molecule has 0 spiro atoms. The maximum atomic E-state index is 11.8. The van der Waals surface area contributed by atoms with Crippen LogP contribution in [0.2, 0.25) is 0 Å². The second-order valence-electron chi connectivity index (χ2n) is 5.16. The molecule has 5 heteroatoms. The maximum Gasteiger partial charge on any atom is 0.271 e. The Labute approximate surface area is 118 Å². The van der Waals surface area contributed by atoms with Crippen molar-refractivity contribution in [1.29, 1.82) is 0 Å². The van der Waals surface area contributed by atoms with Gasteiger partial charge in [0.1, 0.15) is 0 Å². The van der Waals surface area contributed by atoms with Gasteiger partial charge in [0.2, 0.25) is 5.91 Å². The first-order chi connectivity index (χ1) is 9.58. The number of benzene rings is 1. The zero-order chi connectivity index (χ0) is 14.5. The zero-order valence-corrected chi connectivity index (χ0v) is 11.8. The van der Waals surface area contributed by atoms with E-state index in [1.54, 1.807) is 35.4 Å². The molecular formula is C15H19N3O2. The molecule has 5 nitrogen and oxygen atoms in total. The highest BCUT2D eigenvalue weighted by Gasteiger charge is 2.21. The summed E-state index contributed by atoms with van der Waals surface area (Å²) in [5, 5.41) is 3.87. The number of carbonyl (C=O) groups is 2. The molecular weight excluding hydrogens is 254 g/mol. The molecule has 2 rings (SSSR count).